The number of halogens is 1. The van der Waals surface area contributed by atoms with E-state index in [4.69, 9.17) is 4.42 Å². The van der Waals surface area contributed by atoms with E-state index in [1.807, 2.05) is 13.0 Å². The van der Waals surface area contributed by atoms with Gasteiger partial charge in [0.05, 0.1) is 6.26 Å². The molecule has 0 radical (unpaired) electrons. The summed E-state index contributed by atoms with van der Waals surface area (Å²) in [6.45, 7) is 1.99. The predicted octanol–water partition coefficient (Wildman–Crippen LogP) is 4.64. The van der Waals surface area contributed by atoms with Gasteiger partial charge in [-0.15, -0.1) is 11.8 Å². The third-order valence-corrected chi connectivity index (χ3v) is 3.86. The third kappa shape index (κ3) is 2.89. The molecule has 15 heavy (non-hydrogen) atoms. The van der Waals surface area contributed by atoms with Crippen LogP contribution in [0.5, 0.6) is 0 Å². The van der Waals surface area contributed by atoms with Gasteiger partial charge in [-0.3, -0.25) is 0 Å². The molecular weight excluding hydrogens is 272 g/mol. The fourth-order valence-electron chi connectivity index (χ4n) is 1.26. The van der Waals surface area contributed by atoms with Gasteiger partial charge >= 0.3 is 0 Å². The Morgan fingerprint density at radius 1 is 1.20 bits per heavy atom. The van der Waals surface area contributed by atoms with Crippen molar-refractivity contribution in [2.45, 2.75) is 17.6 Å². The summed E-state index contributed by atoms with van der Waals surface area (Å²) in [6.07, 6.45) is 1.74. The SMILES string of the molecule is Cc1occc1SCc1ccc(Br)cc1. The highest BCUT2D eigenvalue weighted by Crippen LogP contribution is 2.26. The molecule has 0 saturated carbocycles. The van der Waals surface area contributed by atoms with Crippen LogP contribution in [0.2, 0.25) is 0 Å². The second-order valence-electron chi connectivity index (χ2n) is 3.26. The quantitative estimate of drug-likeness (QED) is 0.761. The molecule has 0 unspecified atom stereocenters. The van der Waals surface area contributed by atoms with Crippen molar-refractivity contribution in [3.05, 3.63) is 52.4 Å². The third-order valence-electron chi connectivity index (χ3n) is 2.12. The maximum atomic E-state index is 5.24. The van der Waals surface area contributed by atoms with Crippen LogP contribution in [0.4, 0.5) is 0 Å². The normalized spacial score (nSPS) is 10.5. The van der Waals surface area contributed by atoms with Gasteiger partial charge in [0.2, 0.25) is 0 Å². The van der Waals surface area contributed by atoms with Gasteiger partial charge in [0.1, 0.15) is 5.76 Å². The van der Waals surface area contributed by atoms with E-state index in [1.165, 1.54) is 10.5 Å². The molecule has 0 bridgehead atoms. The van der Waals surface area contributed by atoms with Crippen molar-refractivity contribution in [1.82, 2.24) is 0 Å². The Morgan fingerprint density at radius 2 is 1.93 bits per heavy atom. The fourth-order valence-corrected chi connectivity index (χ4v) is 2.45. The van der Waals surface area contributed by atoms with Crippen LogP contribution in [-0.2, 0) is 5.75 Å². The number of hydrogen-bond acceptors (Lipinski definition) is 2. The molecule has 0 spiro atoms. The van der Waals surface area contributed by atoms with E-state index < -0.39 is 0 Å². The molecule has 3 heteroatoms. The average Bonchev–Trinajstić information content (AvgIpc) is 2.63. The second kappa shape index (κ2) is 4.90. The highest BCUT2D eigenvalue weighted by atomic mass is 79.9. The molecule has 0 atom stereocenters. The minimum absolute atomic E-state index is 0.980. The zero-order chi connectivity index (χ0) is 10.7. The van der Waals surface area contributed by atoms with Crippen molar-refractivity contribution in [3.63, 3.8) is 0 Å². The summed E-state index contributed by atoms with van der Waals surface area (Å²) in [6, 6.07) is 10.4. The first-order chi connectivity index (χ1) is 7.25. The van der Waals surface area contributed by atoms with Crippen molar-refractivity contribution in [2.75, 3.05) is 0 Å². The van der Waals surface area contributed by atoms with Gasteiger partial charge in [-0.1, -0.05) is 28.1 Å². The summed E-state index contributed by atoms with van der Waals surface area (Å²) in [4.78, 5) is 1.22. The highest BCUT2D eigenvalue weighted by molar-refractivity contribution is 9.10. The largest absolute Gasteiger partial charge is 0.468 e. The number of aryl methyl sites for hydroxylation is 1. The molecule has 2 aromatic rings. The molecule has 2 rings (SSSR count). The Labute approximate surface area is 102 Å². The van der Waals surface area contributed by atoms with Gasteiger partial charge in [0.15, 0.2) is 0 Å². The van der Waals surface area contributed by atoms with Crippen LogP contribution >= 0.6 is 27.7 Å². The van der Waals surface area contributed by atoms with Crippen molar-refractivity contribution in [3.8, 4) is 0 Å². The van der Waals surface area contributed by atoms with Crippen LogP contribution in [0.25, 0.3) is 0 Å². The molecule has 0 aliphatic carbocycles. The summed E-state index contributed by atoms with van der Waals surface area (Å²) >= 11 is 5.23. The smallest absolute Gasteiger partial charge is 0.114 e. The van der Waals surface area contributed by atoms with Gasteiger partial charge in [-0.25, -0.2) is 0 Å². The molecule has 1 aromatic carbocycles. The first kappa shape index (κ1) is 10.8. The summed E-state index contributed by atoms with van der Waals surface area (Å²) in [7, 11) is 0. The van der Waals surface area contributed by atoms with Crippen LogP contribution in [0.3, 0.4) is 0 Å². The summed E-state index contributed by atoms with van der Waals surface area (Å²) in [5.41, 5.74) is 1.32. The molecule has 0 saturated heterocycles. The van der Waals surface area contributed by atoms with Crippen molar-refractivity contribution in [2.24, 2.45) is 0 Å². The molecule has 1 heterocycles. The maximum absolute atomic E-state index is 5.24. The van der Waals surface area contributed by atoms with E-state index in [9.17, 15) is 0 Å². The minimum atomic E-state index is 0.980. The Hall–Kier alpha value is -0.670. The number of rotatable bonds is 3. The van der Waals surface area contributed by atoms with Crippen molar-refractivity contribution < 1.29 is 4.42 Å². The van der Waals surface area contributed by atoms with Crippen LogP contribution in [0, 0.1) is 6.92 Å². The number of thioether (sulfide) groups is 1. The van der Waals surface area contributed by atoms with E-state index in [0.717, 1.165) is 16.0 Å². The molecule has 0 amide bonds. The molecule has 0 aliphatic heterocycles. The molecule has 0 aliphatic rings. The van der Waals surface area contributed by atoms with Crippen LogP contribution in [0.15, 0.2) is 50.4 Å². The van der Waals surface area contributed by atoms with E-state index in [-0.39, 0.29) is 0 Å². The fraction of sp³-hybridized carbons (Fsp3) is 0.167. The van der Waals surface area contributed by atoms with Crippen molar-refractivity contribution in [1.29, 1.82) is 0 Å². The molecule has 0 fully saturated rings. The monoisotopic (exact) mass is 282 g/mol. The molecule has 1 nitrogen and oxygen atoms in total. The lowest BCUT2D eigenvalue weighted by Gasteiger charge is -2.00. The van der Waals surface area contributed by atoms with Crippen LogP contribution in [0.1, 0.15) is 11.3 Å². The average molecular weight is 283 g/mol. The van der Waals surface area contributed by atoms with E-state index in [1.54, 1.807) is 18.0 Å². The lowest BCUT2D eigenvalue weighted by Crippen LogP contribution is -1.79. The summed E-state index contributed by atoms with van der Waals surface area (Å²) in [5, 5.41) is 0. The predicted molar refractivity (Wildman–Crippen MR) is 67.1 cm³/mol. The standard InChI is InChI=1S/C12H11BrOS/c1-9-12(6-7-14-9)15-8-10-2-4-11(13)5-3-10/h2-7H,8H2,1H3. The molecule has 0 N–H and O–H groups in total. The minimum Gasteiger partial charge on any atom is -0.468 e. The molecular formula is C12H11BrOS. The van der Waals surface area contributed by atoms with Gasteiger partial charge in [-0.2, -0.15) is 0 Å². The van der Waals surface area contributed by atoms with Crippen LogP contribution < -0.4 is 0 Å². The van der Waals surface area contributed by atoms with Crippen molar-refractivity contribution >= 4 is 27.7 Å². The molecule has 78 valence electrons. The zero-order valence-corrected chi connectivity index (χ0v) is 10.8. The Bertz CT molecular complexity index is 433. The van der Waals surface area contributed by atoms with Gasteiger partial charge < -0.3 is 4.42 Å². The van der Waals surface area contributed by atoms with Gasteiger partial charge in [0, 0.05) is 15.1 Å². The zero-order valence-electron chi connectivity index (χ0n) is 8.37. The van der Waals surface area contributed by atoms with Gasteiger partial charge in [0.25, 0.3) is 0 Å². The van der Waals surface area contributed by atoms with Crippen LogP contribution in [-0.4, -0.2) is 0 Å². The topological polar surface area (TPSA) is 13.1 Å². The molecule has 1 aromatic heterocycles. The summed E-state index contributed by atoms with van der Waals surface area (Å²) < 4.78 is 6.36. The number of benzene rings is 1. The van der Waals surface area contributed by atoms with E-state index in [0.29, 0.717) is 0 Å². The van der Waals surface area contributed by atoms with E-state index >= 15 is 0 Å². The number of furan rings is 1. The Kier molecular flexibility index (Phi) is 3.54. The maximum Gasteiger partial charge on any atom is 0.114 e. The first-order valence-corrected chi connectivity index (χ1v) is 6.45. The van der Waals surface area contributed by atoms with Gasteiger partial charge in [-0.05, 0) is 30.7 Å². The lowest BCUT2D eigenvalue weighted by atomic mass is 10.2. The van der Waals surface area contributed by atoms with E-state index in [2.05, 4.69) is 40.2 Å². The first-order valence-electron chi connectivity index (χ1n) is 4.67. The Balaban J connectivity index is 1.99. The Morgan fingerprint density at radius 3 is 2.53 bits per heavy atom. The number of hydrogen-bond donors (Lipinski definition) is 0. The second-order valence-corrected chi connectivity index (χ2v) is 5.19. The lowest BCUT2D eigenvalue weighted by molar-refractivity contribution is 0.527. The summed E-state index contributed by atoms with van der Waals surface area (Å²) in [5.74, 6) is 1.98. The highest BCUT2D eigenvalue weighted by Gasteiger charge is 2.02.